The molecule has 15 heavy (non-hydrogen) atoms. The monoisotopic (exact) mass is 230 g/mol. The molecule has 0 bridgehead atoms. The first-order valence-electron chi connectivity index (χ1n) is 4.55. The van der Waals surface area contributed by atoms with Crippen LogP contribution in [0, 0.1) is 0 Å². The Kier molecular flexibility index (Phi) is 5.23. The third kappa shape index (κ3) is 3.58. The molecule has 1 aromatic heterocycles. The number of hydrogen-bond acceptors (Lipinski definition) is 5. The molecule has 6 heteroatoms. The van der Waals surface area contributed by atoms with Gasteiger partial charge in [0.05, 0.1) is 6.26 Å². The molecule has 0 aliphatic heterocycles. The minimum absolute atomic E-state index is 0.189. The van der Waals surface area contributed by atoms with E-state index in [-0.39, 0.29) is 12.4 Å². The molecule has 1 amide bonds. The Labute approximate surface area is 92.0 Å². The lowest BCUT2D eigenvalue weighted by molar-refractivity contribution is 0.0925. The van der Waals surface area contributed by atoms with E-state index in [0.29, 0.717) is 5.75 Å². The maximum absolute atomic E-state index is 11.2. The second-order valence-electron chi connectivity index (χ2n) is 2.88. The Morgan fingerprint density at radius 3 is 3.13 bits per heavy atom. The van der Waals surface area contributed by atoms with Crippen LogP contribution >= 0.6 is 11.8 Å². The number of carbonyl (C=O) groups excluding carboxylic acids is 1. The van der Waals surface area contributed by atoms with Crippen LogP contribution in [0.25, 0.3) is 0 Å². The van der Waals surface area contributed by atoms with Crippen LogP contribution in [-0.4, -0.2) is 23.4 Å². The summed E-state index contributed by atoms with van der Waals surface area (Å²) in [5.74, 6) is 6.38. The highest BCUT2D eigenvalue weighted by Crippen LogP contribution is 2.18. The van der Waals surface area contributed by atoms with E-state index in [1.165, 1.54) is 6.26 Å². The average molecular weight is 230 g/mol. The largest absolute Gasteiger partial charge is 0.459 e. The smallest absolute Gasteiger partial charge is 0.301 e. The van der Waals surface area contributed by atoms with Crippen molar-refractivity contribution in [3.63, 3.8) is 0 Å². The number of furan rings is 1. The number of aliphatic hydroxyl groups is 1. The van der Waals surface area contributed by atoms with E-state index in [4.69, 9.17) is 15.4 Å². The number of aliphatic hydroxyl groups excluding tert-OH is 1. The molecule has 0 unspecified atom stereocenters. The summed E-state index contributed by atoms with van der Waals surface area (Å²) < 4.78 is 5.02. The third-order valence-electron chi connectivity index (χ3n) is 1.79. The minimum atomic E-state index is -0.419. The number of hydrogen-bond donors (Lipinski definition) is 3. The zero-order valence-electron chi connectivity index (χ0n) is 8.23. The van der Waals surface area contributed by atoms with Crippen LogP contribution < -0.4 is 11.3 Å². The SMILES string of the molecule is NNC(=O)c1occc1CSCCCO. The van der Waals surface area contributed by atoms with Crippen LogP contribution in [0.3, 0.4) is 0 Å². The van der Waals surface area contributed by atoms with E-state index >= 15 is 0 Å². The van der Waals surface area contributed by atoms with E-state index in [0.717, 1.165) is 17.7 Å². The van der Waals surface area contributed by atoms with Crippen LogP contribution in [0.2, 0.25) is 0 Å². The summed E-state index contributed by atoms with van der Waals surface area (Å²) >= 11 is 1.64. The number of amides is 1. The number of hydrazine groups is 1. The molecule has 0 saturated carbocycles. The van der Waals surface area contributed by atoms with Gasteiger partial charge in [-0.25, -0.2) is 5.84 Å². The Hall–Kier alpha value is -0.980. The predicted molar refractivity (Wildman–Crippen MR) is 58.2 cm³/mol. The standard InChI is InChI=1S/C9H14N2O3S/c10-11-9(13)8-7(2-4-14-8)6-15-5-1-3-12/h2,4,12H,1,3,5-6,10H2,(H,11,13). The van der Waals surface area contributed by atoms with Gasteiger partial charge in [0.2, 0.25) is 0 Å². The van der Waals surface area contributed by atoms with Crippen LogP contribution in [0.1, 0.15) is 22.5 Å². The number of nitrogens with two attached hydrogens (primary N) is 1. The number of rotatable bonds is 6. The molecule has 0 saturated heterocycles. The molecule has 1 rings (SSSR count). The molecular formula is C9H14N2O3S. The van der Waals surface area contributed by atoms with Crippen molar-refractivity contribution in [3.05, 3.63) is 23.7 Å². The fraction of sp³-hybridized carbons (Fsp3) is 0.444. The van der Waals surface area contributed by atoms with Gasteiger partial charge in [-0.15, -0.1) is 0 Å². The van der Waals surface area contributed by atoms with Crippen molar-refractivity contribution in [2.45, 2.75) is 12.2 Å². The molecule has 0 fully saturated rings. The zero-order chi connectivity index (χ0) is 11.1. The summed E-state index contributed by atoms with van der Waals surface area (Å²) in [6.45, 7) is 0.189. The molecule has 0 radical (unpaired) electrons. The average Bonchev–Trinajstić information content (AvgIpc) is 2.71. The first kappa shape index (κ1) is 12.1. The second kappa shape index (κ2) is 6.49. The maximum atomic E-state index is 11.2. The first-order valence-corrected chi connectivity index (χ1v) is 5.71. The van der Waals surface area contributed by atoms with Gasteiger partial charge in [-0.3, -0.25) is 10.2 Å². The van der Waals surface area contributed by atoms with Crippen molar-refractivity contribution < 1.29 is 14.3 Å². The molecule has 1 aromatic rings. The highest BCUT2D eigenvalue weighted by molar-refractivity contribution is 7.98. The van der Waals surface area contributed by atoms with Crippen molar-refractivity contribution in [1.82, 2.24) is 5.43 Å². The molecule has 0 aliphatic rings. The van der Waals surface area contributed by atoms with Crippen molar-refractivity contribution in [2.75, 3.05) is 12.4 Å². The van der Waals surface area contributed by atoms with Gasteiger partial charge in [-0.05, 0) is 18.2 Å². The minimum Gasteiger partial charge on any atom is -0.459 e. The van der Waals surface area contributed by atoms with Gasteiger partial charge < -0.3 is 9.52 Å². The van der Waals surface area contributed by atoms with Gasteiger partial charge in [0.25, 0.3) is 0 Å². The molecule has 0 aromatic carbocycles. The molecule has 4 N–H and O–H groups in total. The normalized spacial score (nSPS) is 10.3. The summed E-state index contributed by atoms with van der Waals surface area (Å²) in [5.41, 5.74) is 2.85. The van der Waals surface area contributed by atoms with Gasteiger partial charge >= 0.3 is 5.91 Å². The van der Waals surface area contributed by atoms with Crippen LogP contribution in [0.15, 0.2) is 16.7 Å². The Morgan fingerprint density at radius 1 is 1.67 bits per heavy atom. The highest BCUT2D eigenvalue weighted by Gasteiger charge is 2.13. The van der Waals surface area contributed by atoms with E-state index in [1.54, 1.807) is 17.8 Å². The van der Waals surface area contributed by atoms with Crippen molar-refractivity contribution >= 4 is 17.7 Å². The Morgan fingerprint density at radius 2 is 2.47 bits per heavy atom. The predicted octanol–water partition coefficient (Wildman–Crippen LogP) is 0.499. The fourth-order valence-electron chi connectivity index (χ4n) is 1.06. The van der Waals surface area contributed by atoms with Crippen molar-refractivity contribution in [1.29, 1.82) is 0 Å². The summed E-state index contributed by atoms with van der Waals surface area (Å²) in [7, 11) is 0. The van der Waals surface area contributed by atoms with Crippen LogP contribution in [0.5, 0.6) is 0 Å². The molecule has 1 heterocycles. The summed E-state index contributed by atoms with van der Waals surface area (Å²) in [6.07, 6.45) is 2.22. The molecule has 0 spiro atoms. The fourth-order valence-corrected chi connectivity index (χ4v) is 1.99. The lowest BCUT2D eigenvalue weighted by Crippen LogP contribution is -2.30. The Balaban J connectivity index is 2.46. The number of thioether (sulfide) groups is 1. The highest BCUT2D eigenvalue weighted by atomic mass is 32.2. The molecule has 0 atom stereocenters. The number of nitrogen functional groups attached to an aromatic ring is 1. The van der Waals surface area contributed by atoms with E-state index in [9.17, 15) is 4.79 Å². The molecule has 84 valence electrons. The van der Waals surface area contributed by atoms with E-state index < -0.39 is 5.91 Å². The third-order valence-corrected chi connectivity index (χ3v) is 2.88. The van der Waals surface area contributed by atoms with Crippen molar-refractivity contribution in [2.24, 2.45) is 5.84 Å². The Bertz CT molecular complexity index is 314. The molecule has 5 nitrogen and oxygen atoms in total. The lowest BCUT2D eigenvalue weighted by atomic mass is 10.3. The summed E-state index contributed by atoms with van der Waals surface area (Å²) in [4.78, 5) is 11.2. The van der Waals surface area contributed by atoms with E-state index in [1.807, 2.05) is 5.43 Å². The number of nitrogens with one attached hydrogen (secondary N) is 1. The zero-order valence-corrected chi connectivity index (χ0v) is 9.05. The second-order valence-corrected chi connectivity index (χ2v) is 3.98. The van der Waals surface area contributed by atoms with Gasteiger partial charge in [0.15, 0.2) is 5.76 Å². The van der Waals surface area contributed by atoms with Gasteiger partial charge in [0.1, 0.15) is 0 Å². The van der Waals surface area contributed by atoms with Crippen LogP contribution in [-0.2, 0) is 5.75 Å². The van der Waals surface area contributed by atoms with Crippen LogP contribution in [0.4, 0.5) is 0 Å². The summed E-state index contributed by atoms with van der Waals surface area (Å²) in [6, 6.07) is 1.75. The lowest BCUT2D eigenvalue weighted by Gasteiger charge is -2.01. The topological polar surface area (TPSA) is 88.5 Å². The summed E-state index contributed by atoms with van der Waals surface area (Å²) in [5, 5.41) is 8.59. The van der Waals surface area contributed by atoms with Gasteiger partial charge in [0, 0.05) is 17.9 Å². The number of carbonyl (C=O) groups is 1. The van der Waals surface area contributed by atoms with E-state index in [2.05, 4.69) is 0 Å². The molecule has 0 aliphatic carbocycles. The molecular weight excluding hydrogens is 216 g/mol. The quantitative estimate of drug-likeness (QED) is 0.286. The van der Waals surface area contributed by atoms with Crippen molar-refractivity contribution in [3.8, 4) is 0 Å². The maximum Gasteiger partial charge on any atom is 0.301 e. The van der Waals surface area contributed by atoms with Gasteiger partial charge in [-0.1, -0.05) is 0 Å². The van der Waals surface area contributed by atoms with Gasteiger partial charge in [-0.2, -0.15) is 11.8 Å². The first-order chi connectivity index (χ1) is 7.29.